The van der Waals surface area contributed by atoms with E-state index in [-0.39, 0.29) is 0 Å². The first-order valence-electron chi connectivity index (χ1n) is 8.97. The van der Waals surface area contributed by atoms with Gasteiger partial charge in [-0.2, -0.15) is 0 Å². The number of guanidine groups is 1. The van der Waals surface area contributed by atoms with Crippen molar-refractivity contribution in [1.82, 2.24) is 10.3 Å². The molecule has 0 spiro atoms. The van der Waals surface area contributed by atoms with Gasteiger partial charge in [-0.1, -0.05) is 6.42 Å². The van der Waals surface area contributed by atoms with E-state index in [0.717, 1.165) is 54.3 Å². The highest BCUT2D eigenvalue weighted by molar-refractivity contribution is 5.88. The van der Waals surface area contributed by atoms with Gasteiger partial charge in [0.05, 0.1) is 19.7 Å². The maximum Gasteiger partial charge on any atom is 0.188 e. The molecule has 4 N–H and O–H groups in total. The van der Waals surface area contributed by atoms with Gasteiger partial charge in [-0.05, 0) is 37.7 Å². The Morgan fingerprint density at radius 3 is 2.80 bits per heavy atom. The van der Waals surface area contributed by atoms with Crippen LogP contribution in [0, 0.1) is 5.92 Å². The van der Waals surface area contributed by atoms with E-state index >= 15 is 0 Å². The van der Waals surface area contributed by atoms with Crippen molar-refractivity contribution in [1.29, 1.82) is 0 Å². The molecule has 3 rings (SSSR count). The standard InChI is InChI=1S/C19H28N4O2/c1-24-15-10-17-16(18(11-15)25-2)9-14(23-17)7-4-8-21-19(20)22-12-13-5-3-6-13/h9-11,13,23H,3-8,12H2,1-2H3,(H3,20,21,22). The minimum atomic E-state index is 0.565. The molecule has 1 aliphatic carbocycles. The van der Waals surface area contributed by atoms with Crippen LogP contribution >= 0.6 is 0 Å². The Bertz CT molecular complexity index is 734. The predicted octanol–water partition coefficient (Wildman–Crippen LogP) is 2.82. The van der Waals surface area contributed by atoms with Crippen molar-refractivity contribution in [2.24, 2.45) is 16.6 Å². The number of hydrogen-bond acceptors (Lipinski definition) is 3. The van der Waals surface area contributed by atoms with Crippen LogP contribution in [0.2, 0.25) is 0 Å². The van der Waals surface area contributed by atoms with Crippen molar-refractivity contribution in [3.8, 4) is 11.5 Å². The van der Waals surface area contributed by atoms with Gasteiger partial charge in [0, 0.05) is 36.3 Å². The Hall–Kier alpha value is -2.37. The number of aliphatic imine (C=N–C) groups is 1. The van der Waals surface area contributed by atoms with Crippen LogP contribution in [0.5, 0.6) is 11.5 Å². The third-order valence-corrected chi connectivity index (χ3v) is 4.86. The summed E-state index contributed by atoms with van der Waals surface area (Å²) in [7, 11) is 3.34. The molecule has 6 heteroatoms. The fourth-order valence-corrected chi connectivity index (χ4v) is 3.11. The SMILES string of the molecule is COc1cc(OC)c2cc(CCCNC(N)=NCC3CCC3)[nH]c2c1. The smallest absolute Gasteiger partial charge is 0.188 e. The highest BCUT2D eigenvalue weighted by Crippen LogP contribution is 2.31. The number of rotatable bonds is 8. The Morgan fingerprint density at radius 2 is 2.12 bits per heavy atom. The maximum atomic E-state index is 5.91. The molecule has 1 saturated carbocycles. The fraction of sp³-hybridized carbons (Fsp3) is 0.526. The summed E-state index contributed by atoms with van der Waals surface area (Å²) in [5.74, 6) is 2.92. The van der Waals surface area contributed by atoms with Gasteiger partial charge in [0.25, 0.3) is 0 Å². The molecule has 1 aromatic carbocycles. The van der Waals surface area contributed by atoms with E-state index in [0.29, 0.717) is 5.96 Å². The zero-order valence-electron chi connectivity index (χ0n) is 15.1. The largest absolute Gasteiger partial charge is 0.497 e. The number of H-pyrrole nitrogens is 1. The molecule has 0 unspecified atom stereocenters. The number of fused-ring (bicyclic) bond motifs is 1. The Balaban J connectivity index is 1.51. The summed E-state index contributed by atoms with van der Waals surface area (Å²) in [6.45, 7) is 1.68. The van der Waals surface area contributed by atoms with Gasteiger partial charge in [0.2, 0.25) is 0 Å². The van der Waals surface area contributed by atoms with E-state index in [1.54, 1.807) is 14.2 Å². The van der Waals surface area contributed by atoms with Crippen molar-refractivity contribution in [2.45, 2.75) is 32.1 Å². The molecule has 0 aliphatic heterocycles. The third kappa shape index (κ3) is 4.38. The lowest BCUT2D eigenvalue weighted by atomic mass is 9.86. The number of methoxy groups -OCH3 is 2. The van der Waals surface area contributed by atoms with E-state index in [1.165, 1.54) is 25.0 Å². The molecule has 0 saturated heterocycles. The minimum Gasteiger partial charge on any atom is -0.497 e. The fourth-order valence-electron chi connectivity index (χ4n) is 3.11. The molecule has 2 aromatic rings. The number of aromatic nitrogens is 1. The summed E-state index contributed by atoms with van der Waals surface area (Å²) >= 11 is 0. The van der Waals surface area contributed by atoms with Gasteiger partial charge in [-0.25, -0.2) is 0 Å². The minimum absolute atomic E-state index is 0.565. The molecule has 6 nitrogen and oxygen atoms in total. The van der Waals surface area contributed by atoms with Crippen molar-refractivity contribution < 1.29 is 9.47 Å². The molecule has 1 aliphatic rings. The van der Waals surface area contributed by atoms with Gasteiger partial charge in [0.15, 0.2) is 5.96 Å². The van der Waals surface area contributed by atoms with Crippen LogP contribution in [-0.4, -0.2) is 38.3 Å². The normalized spacial score (nSPS) is 15.2. The maximum absolute atomic E-state index is 5.91. The molecule has 1 heterocycles. The molecule has 1 fully saturated rings. The molecule has 136 valence electrons. The number of ether oxygens (including phenoxy) is 2. The van der Waals surface area contributed by atoms with E-state index in [2.05, 4.69) is 21.4 Å². The zero-order valence-corrected chi connectivity index (χ0v) is 15.1. The summed E-state index contributed by atoms with van der Waals surface area (Å²) < 4.78 is 10.8. The summed E-state index contributed by atoms with van der Waals surface area (Å²) in [4.78, 5) is 7.85. The lowest BCUT2D eigenvalue weighted by molar-refractivity contribution is 0.326. The second kappa shape index (κ2) is 8.14. The number of benzene rings is 1. The van der Waals surface area contributed by atoms with Gasteiger partial charge in [-0.3, -0.25) is 4.99 Å². The number of nitrogens with zero attached hydrogens (tertiary/aromatic N) is 1. The zero-order chi connectivity index (χ0) is 17.6. The summed E-state index contributed by atoms with van der Waals surface area (Å²) in [5.41, 5.74) is 8.11. The monoisotopic (exact) mass is 344 g/mol. The number of nitrogens with one attached hydrogen (secondary N) is 2. The lowest BCUT2D eigenvalue weighted by Crippen LogP contribution is -2.33. The van der Waals surface area contributed by atoms with Crippen molar-refractivity contribution in [2.75, 3.05) is 27.3 Å². The van der Waals surface area contributed by atoms with E-state index in [9.17, 15) is 0 Å². The molecule has 25 heavy (non-hydrogen) atoms. The van der Waals surface area contributed by atoms with Crippen LogP contribution < -0.4 is 20.5 Å². The Labute approximate surface area is 148 Å². The average Bonchev–Trinajstić information content (AvgIpc) is 2.99. The average molecular weight is 344 g/mol. The molecular weight excluding hydrogens is 316 g/mol. The first kappa shape index (κ1) is 17.5. The topological polar surface area (TPSA) is 84.7 Å². The molecular formula is C19H28N4O2. The van der Waals surface area contributed by atoms with E-state index in [4.69, 9.17) is 15.2 Å². The molecule has 0 radical (unpaired) electrons. The summed E-state index contributed by atoms with van der Waals surface area (Å²) in [6.07, 6.45) is 5.85. The van der Waals surface area contributed by atoms with Gasteiger partial charge < -0.3 is 25.5 Å². The molecule has 0 bridgehead atoms. The Kier molecular flexibility index (Phi) is 5.68. The number of aryl methyl sites for hydroxylation is 1. The van der Waals surface area contributed by atoms with Crippen molar-refractivity contribution >= 4 is 16.9 Å². The highest BCUT2D eigenvalue weighted by Gasteiger charge is 2.16. The van der Waals surface area contributed by atoms with Crippen LogP contribution in [0.3, 0.4) is 0 Å². The number of aromatic amines is 1. The number of hydrogen-bond donors (Lipinski definition) is 3. The summed E-state index contributed by atoms with van der Waals surface area (Å²) in [5, 5.41) is 4.28. The van der Waals surface area contributed by atoms with E-state index < -0.39 is 0 Å². The third-order valence-electron chi connectivity index (χ3n) is 4.86. The van der Waals surface area contributed by atoms with Crippen molar-refractivity contribution in [3.63, 3.8) is 0 Å². The predicted molar refractivity (Wildman–Crippen MR) is 102 cm³/mol. The van der Waals surface area contributed by atoms with Crippen molar-refractivity contribution in [3.05, 3.63) is 23.9 Å². The molecule has 1 aromatic heterocycles. The van der Waals surface area contributed by atoms with Crippen LogP contribution in [-0.2, 0) is 6.42 Å². The van der Waals surface area contributed by atoms with Gasteiger partial charge in [-0.15, -0.1) is 0 Å². The van der Waals surface area contributed by atoms with Crippen LogP contribution in [0.1, 0.15) is 31.4 Å². The second-order valence-electron chi connectivity index (χ2n) is 6.64. The highest BCUT2D eigenvalue weighted by atomic mass is 16.5. The van der Waals surface area contributed by atoms with Gasteiger partial charge in [0.1, 0.15) is 11.5 Å². The van der Waals surface area contributed by atoms with E-state index in [1.807, 2.05) is 12.1 Å². The van der Waals surface area contributed by atoms with Crippen LogP contribution in [0.4, 0.5) is 0 Å². The first-order chi connectivity index (χ1) is 12.2. The Morgan fingerprint density at radius 1 is 1.28 bits per heavy atom. The number of nitrogens with two attached hydrogens (primary N) is 1. The summed E-state index contributed by atoms with van der Waals surface area (Å²) in [6, 6.07) is 6.03. The second-order valence-corrected chi connectivity index (χ2v) is 6.64. The first-order valence-corrected chi connectivity index (χ1v) is 8.97. The van der Waals surface area contributed by atoms with Crippen LogP contribution in [0.15, 0.2) is 23.2 Å². The quantitative estimate of drug-likeness (QED) is 0.390. The molecule has 0 amide bonds. The van der Waals surface area contributed by atoms with Gasteiger partial charge >= 0.3 is 0 Å². The lowest BCUT2D eigenvalue weighted by Gasteiger charge is -2.23. The van der Waals surface area contributed by atoms with Crippen LogP contribution in [0.25, 0.3) is 10.9 Å². The molecule has 0 atom stereocenters.